The molecule has 3 rings (SSSR count). The maximum Gasteiger partial charge on any atom is 0.319 e. The third-order valence-electron chi connectivity index (χ3n) is 3.02. The van der Waals surface area contributed by atoms with E-state index in [9.17, 15) is 4.79 Å². The van der Waals surface area contributed by atoms with Crippen molar-refractivity contribution < 1.29 is 4.79 Å². The van der Waals surface area contributed by atoms with E-state index in [4.69, 9.17) is 11.6 Å². The molecule has 0 bridgehead atoms. The first kappa shape index (κ1) is 13.5. The molecule has 0 aliphatic carbocycles. The quantitative estimate of drug-likeness (QED) is 0.692. The van der Waals surface area contributed by atoms with Crippen LogP contribution in [0.5, 0.6) is 0 Å². The molecule has 106 valence electrons. The number of anilines is 1. The van der Waals surface area contributed by atoms with Crippen LogP contribution in [-0.2, 0) is 6.54 Å². The lowest BCUT2D eigenvalue weighted by atomic mass is 10.2. The number of imidazole rings is 1. The first-order valence-corrected chi connectivity index (χ1v) is 6.81. The summed E-state index contributed by atoms with van der Waals surface area (Å²) in [6.45, 7) is 0.415. The number of halogens is 1. The molecule has 1 heterocycles. The number of nitrogens with zero attached hydrogens (tertiary/aromatic N) is 1. The highest BCUT2D eigenvalue weighted by molar-refractivity contribution is 6.30. The molecule has 1 aromatic heterocycles. The first-order chi connectivity index (χ1) is 10.2. The molecule has 21 heavy (non-hydrogen) atoms. The summed E-state index contributed by atoms with van der Waals surface area (Å²) in [4.78, 5) is 19.0. The predicted octanol–water partition coefficient (Wildman–Crippen LogP) is 3.54. The summed E-state index contributed by atoms with van der Waals surface area (Å²) in [5, 5.41) is 6.21. The van der Waals surface area contributed by atoms with Crippen molar-refractivity contribution in [2.75, 3.05) is 5.32 Å². The number of urea groups is 1. The van der Waals surface area contributed by atoms with E-state index in [1.807, 2.05) is 36.4 Å². The normalized spacial score (nSPS) is 10.5. The van der Waals surface area contributed by atoms with E-state index in [0.29, 0.717) is 17.3 Å². The van der Waals surface area contributed by atoms with E-state index in [0.717, 1.165) is 16.6 Å². The van der Waals surface area contributed by atoms with Gasteiger partial charge < -0.3 is 15.6 Å². The molecule has 0 atom stereocenters. The summed E-state index contributed by atoms with van der Waals surface area (Å²) >= 11 is 5.90. The highest BCUT2D eigenvalue weighted by atomic mass is 35.5. The molecule has 0 aliphatic heterocycles. The molecule has 0 aliphatic rings. The largest absolute Gasteiger partial charge is 0.345 e. The van der Waals surface area contributed by atoms with Crippen molar-refractivity contribution in [1.82, 2.24) is 15.3 Å². The zero-order valence-corrected chi connectivity index (χ0v) is 11.8. The van der Waals surface area contributed by atoms with Gasteiger partial charge in [-0.25, -0.2) is 9.78 Å². The molecule has 3 N–H and O–H groups in total. The summed E-state index contributed by atoms with van der Waals surface area (Å²) in [5.41, 5.74) is 3.39. The molecule has 6 heteroatoms. The third kappa shape index (κ3) is 3.32. The zero-order valence-electron chi connectivity index (χ0n) is 11.1. The van der Waals surface area contributed by atoms with Gasteiger partial charge in [0.15, 0.2) is 0 Å². The number of amides is 2. The molecular weight excluding hydrogens is 288 g/mol. The van der Waals surface area contributed by atoms with E-state index in [1.54, 1.807) is 12.4 Å². The highest BCUT2D eigenvalue weighted by Gasteiger charge is 2.04. The predicted molar refractivity (Wildman–Crippen MR) is 83.4 cm³/mol. The summed E-state index contributed by atoms with van der Waals surface area (Å²) in [6, 6.07) is 12.6. The van der Waals surface area contributed by atoms with Crippen molar-refractivity contribution in [2.24, 2.45) is 0 Å². The van der Waals surface area contributed by atoms with Crippen LogP contribution in [0.4, 0.5) is 10.5 Å². The SMILES string of the molecule is O=C(NCc1cccc(Cl)c1)Nc1ccc2nc[nH]c2c1. The Bertz CT molecular complexity index is 784. The Morgan fingerprint density at radius 2 is 2.14 bits per heavy atom. The van der Waals surface area contributed by atoms with Gasteiger partial charge in [-0.15, -0.1) is 0 Å². The monoisotopic (exact) mass is 300 g/mol. The molecule has 0 saturated carbocycles. The van der Waals surface area contributed by atoms with Gasteiger partial charge in [-0.3, -0.25) is 0 Å². The average Bonchev–Trinajstić information content (AvgIpc) is 2.93. The number of rotatable bonds is 3. The fraction of sp³-hybridized carbons (Fsp3) is 0.0667. The second kappa shape index (κ2) is 5.85. The van der Waals surface area contributed by atoms with Crippen LogP contribution in [0.2, 0.25) is 5.02 Å². The minimum atomic E-state index is -0.270. The van der Waals surface area contributed by atoms with Gasteiger partial charge in [-0.05, 0) is 35.9 Å². The fourth-order valence-electron chi connectivity index (χ4n) is 2.02. The van der Waals surface area contributed by atoms with Gasteiger partial charge in [0.25, 0.3) is 0 Å². The van der Waals surface area contributed by atoms with E-state index in [2.05, 4.69) is 20.6 Å². The van der Waals surface area contributed by atoms with Crippen molar-refractivity contribution >= 4 is 34.4 Å². The lowest BCUT2D eigenvalue weighted by molar-refractivity contribution is 0.251. The maximum absolute atomic E-state index is 11.9. The molecule has 0 unspecified atom stereocenters. The Morgan fingerprint density at radius 3 is 3.00 bits per heavy atom. The third-order valence-corrected chi connectivity index (χ3v) is 3.26. The molecule has 2 amide bonds. The molecular formula is C15H13ClN4O. The number of fused-ring (bicyclic) bond motifs is 1. The molecule has 3 aromatic rings. The van der Waals surface area contributed by atoms with Gasteiger partial charge in [0.2, 0.25) is 0 Å². The Hall–Kier alpha value is -2.53. The second-order valence-electron chi connectivity index (χ2n) is 4.57. The van der Waals surface area contributed by atoms with Crippen LogP contribution in [0.25, 0.3) is 11.0 Å². The van der Waals surface area contributed by atoms with Crippen molar-refractivity contribution in [1.29, 1.82) is 0 Å². The van der Waals surface area contributed by atoms with E-state index >= 15 is 0 Å². The lowest BCUT2D eigenvalue weighted by Gasteiger charge is -2.08. The van der Waals surface area contributed by atoms with Crippen LogP contribution < -0.4 is 10.6 Å². The standard InChI is InChI=1S/C15H13ClN4O/c16-11-3-1-2-10(6-11)8-17-15(21)20-12-4-5-13-14(7-12)19-9-18-13/h1-7,9H,8H2,(H,18,19)(H2,17,20,21). The summed E-state index contributed by atoms with van der Waals surface area (Å²) < 4.78 is 0. The van der Waals surface area contributed by atoms with E-state index in [1.165, 1.54) is 0 Å². The minimum Gasteiger partial charge on any atom is -0.345 e. The average molecular weight is 301 g/mol. The minimum absolute atomic E-state index is 0.270. The number of hydrogen-bond acceptors (Lipinski definition) is 2. The fourth-order valence-corrected chi connectivity index (χ4v) is 2.23. The number of H-pyrrole nitrogens is 1. The molecule has 0 saturated heterocycles. The van der Waals surface area contributed by atoms with Gasteiger partial charge in [0.1, 0.15) is 0 Å². The number of nitrogens with one attached hydrogen (secondary N) is 3. The number of aromatic nitrogens is 2. The number of benzene rings is 2. The van der Waals surface area contributed by atoms with Crippen molar-refractivity contribution in [3.63, 3.8) is 0 Å². The molecule has 0 spiro atoms. The van der Waals surface area contributed by atoms with Gasteiger partial charge in [0.05, 0.1) is 17.4 Å². The van der Waals surface area contributed by atoms with Gasteiger partial charge in [-0.2, -0.15) is 0 Å². The Morgan fingerprint density at radius 1 is 1.24 bits per heavy atom. The molecule has 0 fully saturated rings. The molecule has 2 aromatic carbocycles. The number of hydrogen-bond donors (Lipinski definition) is 3. The van der Waals surface area contributed by atoms with E-state index < -0.39 is 0 Å². The maximum atomic E-state index is 11.9. The van der Waals surface area contributed by atoms with Gasteiger partial charge in [-0.1, -0.05) is 23.7 Å². The van der Waals surface area contributed by atoms with E-state index in [-0.39, 0.29) is 6.03 Å². The Kier molecular flexibility index (Phi) is 3.75. The van der Waals surface area contributed by atoms with Crippen molar-refractivity contribution in [3.05, 3.63) is 59.4 Å². The summed E-state index contributed by atoms with van der Waals surface area (Å²) in [5.74, 6) is 0. The smallest absolute Gasteiger partial charge is 0.319 e. The number of carbonyl (C=O) groups is 1. The summed E-state index contributed by atoms with van der Waals surface area (Å²) in [6.07, 6.45) is 1.62. The van der Waals surface area contributed by atoms with Gasteiger partial charge in [0, 0.05) is 17.3 Å². The first-order valence-electron chi connectivity index (χ1n) is 6.43. The van der Waals surface area contributed by atoms with Crippen LogP contribution in [-0.4, -0.2) is 16.0 Å². The number of carbonyl (C=O) groups excluding carboxylic acids is 1. The Balaban J connectivity index is 1.60. The second-order valence-corrected chi connectivity index (χ2v) is 5.01. The number of aromatic amines is 1. The van der Waals surface area contributed by atoms with Crippen molar-refractivity contribution in [2.45, 2.75) is 6.54 Å². The summed E-state index contributed by atoms with van der Waals surface area (Å²) in [7, 11) is 0. The highest BCUT2D eigenvalue weighted by Crippen LogP contribution is 2.15. The molecule has 0 radical (unpaired) electrons. The Labute approximate surface area is 126 Å². The van der Waals surface area contributed by atoms with Crippen molar-refractivity contribution in [3.8, 4) is 0 Å². The van der Waals surface area contributed by atoms with Crippen LogP contribution in [0.15, 0.2) is 48.8 Å². The van der Waals surface area contributed by atoms with Gasteiger partial charge >= 0.3 is 6.03 Å². The lowest BCUT2D eigenvalue weighted by Crippen LogP contribution is -2.28. The van der Waals surface area contributed by atoms with Crippen LogP contribution in [0, 0.1) is 0 Å². The molecule has 5 nitrogen and oxygen atoms in total. The van der Waals surface area contributed by atoms with Crippen LogP contribution >= 0.6 is 11.6 Å². The van der Waals surface area contributed by atoms with Crippen LogP contribution in [0.1, 0.15) is 5.56 Å². The topological polar surface area (TPSA) is 69.8 Å². The zero-order chi connectivity index (χ0) is 14.7. The van der Waals surface area contributed by atoms with Crippen LogP contribution in [0.3, 0.4) is 0 Å².